The van der Waals surface area contributed by atoms with E-state index in [-0.39, 0.29) is 18.0 Å². The molecule has 0 fully saturated rings. The Morgan fingerprint density at radius 2 is 2.25 bits per heavy atom. The van der Waals surface area contributed by atoms with E-state index < -0.39 is 11.0 Å². The van der Waals surface area contributed by atoms with Gasteiger partial charge in [-0.25, -0.2) is 0 Å². The Labute approximate surface area is 92.7 Å². The van der Waals surface area contributed by atoms with Gasteiger partial charge < -0.3 is 15.5 Å². The van der Waals surface area contributed by atoms with Crippen LogP contribution >= 0.6 is 0 Å². The molecule has 6 heteroatoms. The van der Waals surface area contributed by atoms with Crippen LogP contribution < -0.4 is 5.32 Å². The van der Waals surface area contributed by atoms with Gasteiger partial charge >= 0.3 is 0 Å². The number of non-ortho nitro benzene ring substituents is 1. The maximum Gasteiger partial charge on any atom is 0.270 e. The first kappa shape index (κ1) is 12.4. The summed E-state index contributed by atoms with van der Waals surface area (Å²) in [5.74, 6) is 0.00342. The van der Waals surface area contributed by atoms with E-state index in [0.717, 1.165) is 0 Å². The van der Waals surface area contributed by atoms with E-state index in [9.17, 15) is 15.2 Å². The van der Waals surface area contributed by atoms with Crippen molar-refractivity contribution in [2.75, 3.05) is 6.54 Å². The van der Waals surface area contributed by atoms with E-state index in [0.29, 0.717) is 12.1 Å². The Bertz CT molecular complexity index is 379. The first-order chi connectivity index (χ1) is 7.50. The third-order valence-corrected chi connectivity index (χ3v) is 2.03. The fourth-order valence-corrected chi connectivity index (χ4v) is 1.24. The number of nitrogens with one attached hydrogen (secondary N) is 1. The molecule has 0 bridgehead atoms. The van der Waals surface area contributed by atoms with Crippen molar-refractivity contribution >= 4 is 5.69 Å². The van der Waals surface area contributed by atoms with Gasteiger partial charge in [-0.2, -0.15) is 0 Å². The van der Waals surface area contributed by atoms with Crippen molar-refractivity contribution in [3.05, 3.63) is 33.9 Å². The molecule has 0 aromatic heterocycles. The van der Waals surface area contributed by atoms with E-state index in [2.05, 4.69) is 5.32 Å². The molecule has 1 rings (SSSR count). The third kappa shape index (κ3) is 3.48. The molecule has 0 amide bonds. The lowest BCUT2D eigenvalue weighted by atomic mass is 10.1. The summed E-state index contributed by atoms with van der Waals surface area (Å²) >= 11 is 0. The molecule has 1 atom stereocenters. The topological polar surface area (TPSA) is 95.6 Å². The molecule has 1 aromatic rings. The molecular formula is C10H14N2O4. The lowest BCUT2D eigenvalue weighted by molar-refractivity contribution is -0.384. The Kier molecular flexibility index (Phi) is 4.21. The minimum absolute atomic E-state index is 0.00342. The number of aliphatic hydroxyl groups is 1. The maximum atomic E-state index is 10.5. The van der Waals surface area contributed by atoms with Gasteiger partial charge in [0.05, 0.1) is 11.0 Å². The molecule has 0 aliphatic carbocycles. The lowest BCUT2D eigenvalue weighted by Gasteiger charge is -2.08. The molecule has 3 N–H and O–H groups in total. The summed E-state index contributed by atoms with van der Waals surface area (Å²) in [5.41, 5.74) is 0.376. The van der Waals surface area contributed by atoms with Crippen molar-refractivity contribution < 1.29 is 15.1 Å². The summed E-state index contributed by atoms with van der Waals surface area (Å²) in [6.45, 7) is 2.26. The molecular weight excluding hydrogens is 212 g/mol. The number of rotatable bonds is 5. The quantitative estimate of drug-likeness (QED) is 0.509. The van der Waals surface area contributed by atoms with Gasteiger partial charge in [-0.3, -0.25) is 10.1 Å². The van der Waals surface area contributed by atoms with Crippen molar-refractivity contribution in [1.82, 2.24) is 5.32 Å². The molecule has 88 valence electrons. The molecule has 0 heterocycles. The molecule has 16 heavy (non-hydrogen) atoms. The molecule has 0 saturated heterocycles. The van der Waals surface area contributed by atoms with Gasteiger partial charge in [-0.1, -0.05) is 0 Å². The largest absolute Gasteiger partial charge is 0.508 e. The van der Waals surface area contributed by atoms with Crippen LogP contribution in [0.2, 0.25) is 0 Å². The molecule has 6 nitrogen and oxygen atoms in total. The number of hydrogen-bond acceptors (Lipinski definition) is 5. The van der Waals surface area contributed by atoms with Gasteiger partial charge in [-0.05, 0) is 13.0 Å². The highest BCUT2D eigenvalue weighted by Gasteiger charge is 2.09. The number of benzene rings is 1. The Balaban J connectivity index is 2.70. The number of nitrogens with zero attached hydrogens (tertiary/aromatic N) is 1. The van der Waals surface area contributed by atoms with E-state index in [1.165, 1.54) is 18.2 Å². The Morgan fingerprint density at radius 1 is 1.56 bits per heavy atom. The van der Waals surface area contributed by atoms with E-state index in [1.54, 1.807) is 6.92 Å². The summed E-state index contributed by atoms with van der Waals surface area (Å²) in [4.78, 5) is 9.99. The van der Waals surface area contributed by atoms with Crippen LogP contribution in [0.3, 0.4) is 0 Å². The van der Waals surface area contributed by atoms with Gasteiger partial charge in [0.15, 0.2) is 0 Å². The van der Waals surface area contributed by atoms with Crippen LogP contribution in [0.25, 0.3) is 0 Å². The highest BCUT2D eigenvalue weighted by molar-refractivity contribution is 5.42. The summed E-state index contributed by atoms with van der Waals surface area (Å²) in [5, 5.41) is 31.9. The normalized spacial score (nSPS) is 12.4. The summed E-state index contributed by atoms with van der Waals surface area (Å²) < 4.78 is 0. The predicted octanol–water partition coefficient (Wildman–Crippen LogP) is 0.771. The number of aromatic hydroxyl groups is 1. The van der Waals surface area contributed by atoms with Crippen LogP contribution in [-0.4, -0.2) is 27.8 Å². The average molecular weight is 226 g/mol. The predicted molar refractivity (Wildman–Crippen MR) is 58.1 cm³/mol. The van der Waals surface area contributed by atoms with E-state index in [4.69, 9.17) is 5.11 Å². The van der Waals surface area contributed by atoms with E-state index >= 15 is 0 Å². The highest BCUT2D eigenvalue weighted by Crippen LogP contribution is 2.22. The van der Waals surface area contributed by atoms with Crippen LogP contribution in [0.5, 0.6) is 5.75 Å². The summed E-state index contributed by atoms with van der Waals surface area (Å²) in [7, 11) is 0. The second-order valence-corrected chi connectivity index (χ2v) is 3.55. The summed E-state index contributed by atoms with van der Waals surface area (Å²) in [6, 6.07) is 3.84. The number of phenolic OH excluding ortho intramolecular Hbond substituents is 1. The van der Waals surface area contributed by atoms with Crippen LogP contribution in [0.4, 0.5) is 5.69 Å². The zero-order valence-corrected chi connectivity index (χ0v) is 8.88. The van der Waals surface area contributed by atoms with Crippen molar-refractivity contribution in [2.24, 2.45) is 0 Å². The minimum atomic E-state index is -0.516. The van der Waals surface area contributed by atoms with Gasteiger partial charge in [0.25, 0.3) is 5.69 Å². The molecule has 0 spiro atoms. The van der Waals surface area contributed by atoms with Crippen molar-refractivity contribution in [2.45, 2.75) is 19.6 Å². The van der Waals surface area contributed by atoms with Crippen molar-refractivity contribution in [1.29, 1.82) is 0 Å². The second-order valence-electron chi connectivity index (χ2n) is 3.55. The van der Waals surface area contributed by atoms with Gasteiger partial charge in [0.2, 0.25) is 0 Å². The van der Waals surface area contributed by atoms with Crippen LogP contribution in [0.1, 0.15) is 12.5 Å². The molecule has 0 unspecified atom stereocenters. The van der Waals surface area contributed by atoms with Gasteiger partial charge in [0.1, 0.15) is 5.75 Å². The third-order valence-electron chi connectivity index (χ3n) is 2.03. The fourth-order valence-electron chi connectivity index (χ4n) is 1.24. The zero-order chi connectivity index (χ0) is 12.1. The first-order valence-corrected chi connectivity index (χ1v) is 4.85. The van der Waals surface area contributed by atoms with Crippen LogP contribution in [-0.2, 0) is 6.54 Å². The standard InChI is InChI=1S/C10H14N2O4/c1-7(13)5-11-6-8-4-9(12(15)16)2-3-10(8)14/h2-4,7,11,13-14H,5-6H2,1H3/t7-/m0/s1. The highest BCUT2D eigenvalue weighted by atomic mass is 16.6. The number of hydrogen-bond donors (Lipinski definition) is 3. The number of nitro groups is 1. The van der Waals surface area contributed by atoms with Crippen molar-refractivity contribution in [3.63, 3.8) is 0 Å². The van der Waals surface area contributed by atoms with Crippen molar-refractivity contribution in [3.8, 4) is 5.75 Å². The molecule has 0 aliphatic rings. The smallest absolute Gasteiger partial charge is 0.270 e. The lowest BCUT2D eigenvalue weighted by Crippen LogP contribution is -2.23. The first-order valence-electron chi connectivity index (χ1n) is 4.85. The maximum absolute atomic E-state index is 10.5. The molecule has 0 aliphatic heterocycles. The SMILES string of the molecule is C[C@H](O)CNCc1cc([N+](=O)[O-])ccc1O. The summed E-state index contributed by atoms with van der Waals surface area (Å²) in [6.07, 6.45) is -0.499. The number of phenols is 1. The molecule has 1 aromatic carbocycles. The molecule has 0 saturated carbocycles. The zero-order valence-electron chi connectivity index (χ0n) is 8.88. The van der Waals surface area contributed by atoms with Gasteiger partial charge in [0, 0.05) is 30.8 Å². The Morgan fingerprint density at radius 3 is 2.81 bits per heavy atom. The van der Waals surface area contributed by atoms with E-state index in [1.807, 2.05) is 0 Å². The van der Waals surface area contributed by atoms with Crippen LogP contribution in [0, 0.1) is 10.1 Å². The number of aliphatic hydroxyl groups excluding tert-OH is 1. The monoisotopic (exact) mass is 226 g/mol. The average Bonchev–Trinajstić information content (AvgIpc) is 2.20. The Hall–Kier alpha value is -1.66. The van der Waals surface area contributed by atoms with Gasteiger partial charge in [-0.15, -0.1) is 0 Å². The van der Waals surface area contributed by atoms with Crippen LogP contribution in [0.15, 0.2) is 18.2 Å². The fraction of sp³-hybridized carbons (Fsp3) is 0.400. The molecule has 0 radical (unpaired) electrons. The number of nitro benzene ring substituents is 1. The second kappa shape index (κ2) is 5.43. The minimum Gasteiger partial charge on any atom is -0.508 e.